The van der Waals surface area contributed by atoms with Crippen LogP contribution in [0.25, 0.3) is 0 Å². The summed E-state index contributed by atoms with van der Waals surface area (Å²) in [6.45, 7) is 2.89. The van der Waals surface area contributed by atoms with Crippen molar-refractivity contribution < 1.29 is 9.53 Å². The van der Waals surface area contributed by atoms with E-state index >= 15 is 0 Å². The van der Waals surface area contributed by atoms with E-state index in [1.54, 1.807) is 11.8 Å². The largest absolute Gasteiger partial charge is 0.496 e. The minimum absolute atomic E-state index is 0.0563. The van der Waals surface area contributed by atoms with Crippen molar-refractivity contribution in [1.82, 2.24) is 14.7 Å². The molecule has 1 aliphatic heterocycles. The fraction of sp³-hybridized carbons (Fsp3) is 0.474. The summed E-state index contributed by atoms with van der Waals surface area (Å²) in [5.74, 6) is 0.902. The van der Waals surface area contributed by atoms with Crippen molar-refractivity contribution in [1.29, 1.82) is 0 Å². The van der Waals surface area contributed by atoms with E-state index in [2.05, 4.69) is 18.1 Å². The lowest BCUT2D eigenvalue weighted by Crippen LogP contribution is -2.32. The number of carbonyl (C=O) groups excluding carboxylic acids is 1. The second-order valence-electron chi connectivity index (χ2n) is 6.29. The lowest BCUT2D eigenvalue weighted by Gasteiger charge is -2.26. The van der Waals surface area contributed by atoms with Crippen molar-refractivity contribution in [2.75, 3.05) is 13.7 Å². The van der Waals surface area contributed by atoms with E-state index < -0.39 is 0 Å². The molecule has 2 aromatic rings. The number of likely N-dealkylation sites (tertiary alicyclic amines) is 1. The molecular weight excluding hydrogens is 302 g/mol. The number of methoxy groups -OCH3 is 1. The zero-order valence-corrected chi connectivity index (χ0v) is 14.7. The van der Waals surface area contributed by atoms with Crippen LogP contribution in [0.4, 0.5) is 0 Å². The standard InChI is InChI=1S/C19H25N3O2/c1-4-8-14-13-17(21(2)20-14)19(23)22-12-7-10-16(22)15-9-5-6-11-18(15)24-3/h5-6,9,11,13,16H,4,7-8,10,12H2,1-3H3/t16-/m1/s1. The quantitative estimate of drug-likeness (QED) is 0.846. The Kier molecular flexibility index (Phi) is 4.88. The number of ether oxygens (including phenoxy) is 1. The number of amides is 1. The molecule has 0 radical (unpaired) electrons. The Labute approximate surface area is 143 Å². The van der Waals surface area contributed by atoms with Gasteiger partial charge in [-0.3, -0.25) is 9.48 Å². The second kappa shape index (κ2) is 7.07. The Bertz CT molecular complexity index is 723. The third-order valence-electron chi connectivity index (χ3n) is 4.67. The van der Waals surface area contributed by atoms with Crippen LogP contribution in [0.1, 0.15) is 54.0 Å². The highest BCUT2D eigenvalue weighted by Gasteiger charge is 2.33. The van der Waals surface area contributed by atoms with Gasteiger partial charge in [0.05, 0.1) is 18.8 Å². The smallest absolute Gasteiger partial charge is 0.272 e. The van der Waals surface area contributed by atoms with Crippen LogP contribution in [0.3, 0.4) is 0 Å². The summed E-state index contributed by atoms with van der Waals surface area (Å²) in [6, 6.07) is 9.98. The molecule has 0 spiro atoms. The first-order valence-corrected chi connectivity index (χ1v) is 8.62. The highest BCUT2D eigenvalue weighted by Crippen LogP contribution is 2.37. The van der Waals surface area contributed by atoms with Gasteiger partial charge in [0.15, 0.2) is 0 Å². The molecule has 1 aliphatic rings. The van der Waals surface area contributed by atoms with Gasteiger partial charge in [0, 0.05) is 19.2 Å². The van der Waals surface area contributed by atoms with Gasteiger partial charge >= 0.3 is 0 Å². The molecule has 2 heterocycles. The Morgan fingerprint density at radius 2 is 2.17 bits per heavy atom. The number of hydrogen-bond acceptors (Lipinski definition) is 3. The zero-order chi connectivity index (χ0) is 17.1. The van der Waals surface area contributed by atoms with Gasteiger partial charge in [0.1, 0.15) is 11.4 Å². The summed E-state index contributed by atoms with van der Waals surface area (Å²) < 4.78 is 7.21. The van der Waals surface area contributed by atoms with Crippen LogP contribution in [-0.4, -0.2) is 34.2 Å². The van der Waals surface area contributed by atoms with Gasteiger partial charge in [0.25, 0.3) is 5.91 Å². The SMILES string of the molecule is CCCc1cc(C(=O)N2CCC[C@@H]2c2ccccc2OC)n(C)n1. The summed E-state index contributed by atoms with van der Waals surface area (Å²) in [5.41, 5.74) is 2.73. The lowest BCUT2D eigenvalue weighted by atomic mass is 10.0. The number of para-hydroxylation sites is 1. The topological polar surface area (TPSA) is 47.4 Å². The molecule has 1 atom stereocenters. The minimum Gasteiger partial charge on any atom is -0.496 e. The summed E-state index contributed by atoms with van der Waals surface area (Å²) in [6.07, 6.45) is 3.90. The zero-order valence-electron chi connectivity index (χ0n) is 14.7. The van der Waals surface area contributed by atoms with Gasteiger partial charge in [-0.05, 0) is 31.4 Å². The number of carbonyl (C=O) groups is 1. The van der Waals surface area contributed by atoms with Crippen LogP contribution in [-0.2, 0) is 13.5 Å². The van der Waals surface area contributed by atoms with E-state index in [-0.39, 0.29) is 11.9 Å². The van der Waals surface area contributed by atoms with Crippen LogP contribution in [0.5, 0.6) is 5.75 Å². The first-order chi connectivity index (χ1) is 11.7. The maximum atomic E-state index is 13.1. The normalized spacial score (nSPS) is 17.3. The first kappa shape index (κ1) is 16.6. The van der Waals surface area contributed by atoms with Crippen molar-refractivity contribution in [2.45, 2.75) is 38.6 Å². The van der Waals surface area contributed by atoms with Crippen LogP contribution < -0.4 is 4.74 Å². The van der Waals surface area contributed by atoms with Gasteiger partial charge < -0.3 is 9.64 Å². The van der Waals surface area contributed by atoms with Gasteiger partial charge in [-0.2, -0.15) is 5.10 Å². The summed E-state index contributed by atoms with van der Waals surface area (Å²) in [7, 11) is 3.53. The molecule has 1 saturated heterocycles. The van der Waals surface area contributed by atoms with Crippen molar-refractivity contribution in [3.63, 3.8) is 0 Å². The molecule has 0 saturated carbocycles. The Balaban J connectivity index is 1.89. The molecule has 0 unspecified atom stereocenters. The monoisotopic (exact) mass is 327 g/mol. The number of hydrogen-bond donors (Lipinski definition) is 0. The van der Waals surface area contributed by atoms with Crippen molar-refractivity contribution in [3.8, 4) is 5.75 Å². The average molecular weight is 327 g/mol. The number of rotatable bonds is 5. The summed E-state index contributed by atoms with van der Waals surface area (Å²) in [5, 5.41) is 4.47. The highest BCUT2D eigenvalue weighted by atomic mass is 16.5. The highest BCUT2D eigenvalue weighted by molar-refractivity contribution is 5.93. The molecule has 0 bridgehead atoms. The third kappa shape index (κ3) is 3.03. The molecule has 1 amide bonds. The van der Waals surface area contributed by atoms with E-state index in [4.69, 9.17) is 4.74 Å². The van der Waals surface area contributed by atoms with E-state index in [0.29, 0.717) is 5.69 Å². The van der Waals surface area contributed by atoms with Gasteiger partial charge in [-0.1, -0.05) is 31.5 Å². The molecule has 24 heavy (non-hydrogen) atoms. The van der Waals surface area contributed by atoms with Gasteiger partial charge in [0.2, 0.25) is 0 Å². The molecular formula is C19H25N3O2. The van der Waals surface area contributed by atoms with Crippen LogP contribution in [0.15, 0.2) is 30.3 Å². The molecule has 1 fully saturated rings. The molecule has 5 nitrogen and oxygen atoms in total. The third-order valence-corrected chi connectivity index (χ3v) is 4.67. The summed E-state index contributed by atoms with van der Waals surface area (Å²) in [4.78, 5) is 15.1. The molecule has 0 N–H and O–H groups in total. The predicted molar refractivity (Wildman–Crippen MR) is 93.2 cm³/mol. The van der Waals surface area contributed by atoms with E-state index in [0.717, 1.165) is 49.2 Å². The Morgan fingerprint density at radius 1 is 1.38 bits per heavy atom. The maximum absolute atomic E-state index is 13.1. The molecule has 0 aliphatic carbocycles. The minimum atomic E-state index is 0.0563. The molecule has 128 valence electrons. The van der Waals surface area contributed by atoms with Gasteiger partial charge in [-0.25, -0.2) is 0 Å². The number of aromatic nitrogens is 2. The van der Waals surface area contributed by atoms with Gasteiger partial charge in [-0.15, -0.1) is 0 Å². The van der Waals surface area contributed by atoms with E-state index in [9.17, 15) is 4.79 Å². The van der Waals surface area contributed by atoms with E-state index in [1.165, 1.54) is 0 Å². The first-order valence-electron chi connectivity index (χ1n) is 8.62. The van der Waals surface area contributed by atoms with Crippen molar-refractivity contribution >= 4 is 5.91 Å². The fourth-order valence-electron chi connectivity index (χ4n) is 3.53. The van der Waals surface area contributed by atoms with Crippen LogP contribution in [0.2, 0.25) is 0 Å². The maximum Gasteiger partial charge on any atom is 0.272 e. The average Bonchev–Trinajstić information content (AvgIpc) is 3.21. The van der Waals surface area contributed by atoms with E-state index in [1.807, 2.05) is 36.2 Å². The van der Waals surface area contributed by atoms with Crippen LogP contribution in [0, 0.1) is 0 Å². The second-order valence-corrected chi connectivity index (χ2v) is 6.29. The predicted octanol–water partition coefficient (Wildman–Crippen LogP) is 3.36. The lowest BCUT2D eigenvalue weighted by molar-refractivity contribution is 0.0723. The van der Waals surface area contributed by atoms with Crippen LogP contribution >= 0.6 is 0 Å². The fourth-order valence-corrected chi connectivity index (χ4v) is 3.53. The number of nitrogens with zero attached hydrogens (tertiary/aromatic N) is 3. The Hall–Kier alpha value is -2.30. The molecule has 5 heteroatoms. The summed E-state index contributed by atoms with van der Waals surface area (Å²) >= 11 is 0. The molecule has 1 aromatic heterocycles. The number of benzene rings is 1. The van der Waals surface area contributed by atoms with Crippen molar-refractivity contribution in [3.05, 3.63) is 47.3 Å². The Morgan fingerprint density at radius 3 is 2.92 bits per heavy atom. The van der Waals surface area contributed by atoms with Crippen molar-refractivity contribution in [2.24, 2.45) is 7.05 Å². The number of aryl methyl sites for hydroxylation is 2. The molecule has 1 aromatic carbocycles. The molecule has 3 rings (SSSR count).